The molecule has 0 saturated heterocycles. The number of carbonyl (C=O) groups excluding carboxylic acids is 2. The van der Waals surface area contributed by atoms with E-state index in [-0.39, 0.29) is 23.9 Å². The van der Waals surface area contributed by atoms with Crippen molar-refractivity contribution in [1.29, 1.82) is 0 Å². The number of carbonyl (C=O) groups is 2. The maximum absolute atomic E-state index is 11.8. The van der Waals surface area contributed by atoms with E-state index < -0.39 is 5.91 Å². The Balaban J connectivity index is 2.76. The first kappa shape index (κ1) is 13.3. The van der Waals surface area contributed by atoms with E-state index in [0.29, 0.717) is 10.7 Å². The van der Waals surface area contributed by atoms with Gasteiger partial charge in [-0.25, -0.2) is 0 Å². The van der Waals surface area contributed by atoms with Crippen LogP contribution in [0.4, 0.5) is 5.69 Å². The molecule has 0 fully saturated rings. The van der Waals surface area contributed by atoms with Crippen molar-refractivity contribution in [1.82, 2.24) is 5.32 Å². The Morgan fingerprint density at radius 2 is 2.12 bits per heavy atom. The van der Waals surface area contributed by atoms with Gasteiger partial charge in [0.15, 0.2) is 0 Å². The number of halogens is 1. The van der Waals surface area contributed by atoms with E-state index >= 15 is 0 Å². The molecule has 1 rings (SSSR count). The summed E-state index contributed by atoms with van der Waals surface area (Å²) in [6, 6.07) is 4.28. The maximum atomic E-state index is 11.8. The monoisotopic (exact) mass is 255 g/mol. The SMILES string of the molecule is CC(CC(N)=O)NC(=O)c1cc(N)ccc1Cl. The van der Waals surface area contributed by atoms with Crippen LogP contribution in [0.3, 0.4) is 0 Å². The van der Waals surface area contributed by atoms with Crippen LogP contribution in [-0.2, 0) is 4.79 Å². The molecule has 1 atom stereocenters. The third-order valence-electron chi connectivity index (χ3n) is 2.12. The second-order valence-corrected chi connectivity index (χ2v) is 4.19. The van der Waals surface area contributed by atoms with Gasteiger partial charge in [0.2, 0.25) is 5.91 Å². The van der Waals surface area contributed by atoms with Gasteiger partial charge in [0.05, 0.1) is 10.6 Å². The molecule has 0 heterocycles. The van der Waals surface area contributed by atoms with E-state index in [9.17, 15) is 9.59 Å². The quantitative estimate of drug-likeness (QED) is 0.698. The molecule has 1 aromatic rings. The molecule has 0 aliphatic heterocycles. The Kier molecular flexibility index (Phi) is 4.34. The molecule has 1 aromatic carbocycles. The zero-order chi connectivity index (χ0) is 13.0. The molecule has 92 valence electrons. The van der Waals surface area contributed by atoms with Crippen LogP contribution in [-0.4, -0.2) is 17.9 Å². The van der Waals surface area contributed by atoms with Gasteiger partial charge in [-0.3, -0.25) is 9.59 Å². The molecule has 0 aliphatic rings. The third-order valence-corrected chi connectivity index (χ3v) is 2.45. The summed E-state index contributed by atoms with van der Waals surface area (Å²) in [5.74, 6) is -0.854. The van der Waals surface area contributed by atoms with Crippen molar-refractivity contribution in [2.45, 2.75) is 19.4 Å². The highest BCUT2D eigenvalue weighted by Crippen LogP contribution is 2.18. The van der Waals surface area contributed by atoms with Gasteiger partial charge in [-0.1, -0.05) is 11.6 Å². The highest BCUT2D eigenvalue weighted by molar-refractivity contribution is 6.34. The molecule has 0 saturated carbocycles. The fraction of sp³-hybridized carbons (Fsp3) is 0.273. The zero-order valence-electron chi connectivity index (χ0n) is 9.37. The van der Waals surface area contributed by atoms with Crippen molar-refractivity contribution in [3.63, 3.8) is 0 Å². The molecule has 0 radical (unpaired) electrons. The molecular weight excluding hydrogens is 242 g/mol. The Bertz CT molecular complexity index is 448. The fourth-order valence-corrected chi connectivity index (χ4v) is 1.57. The summed E-state index contributed by atoms with van der Waals surface area (Å²) in [5, 5.41) is 2.92. The van der Waals surface area contributed by atoms with E-state index in [2.05, 4.69) is 5.32 Å². The van der Waals surface area contributed by atoms with Crippen molar-refractivity contribution in [3.05, 3.63) is 28.8 Å². The molecule has 0 aromatic heterocycles. The summed E-state index contributed by atoms with van der Waals surface area (Å²) in [6.45, 7) is 1.68. The first-order chi connectivity index (χ1) is 7.90. The van der Waals surface area contributed by atoms with E-state index in [0.717, 1.165) is 0 Å². The van der Waals surface area contributed by atoms with Gasteiger partial charge in [0.1, 0.15) is 0 Å². The molecule has 5 nitrogen and oxygen atoms in total. The van der Waals surface area contributed by atoms with Crippen molar-refractivity contribution in [2.75, 3.05) is 5.73 Å². The lowest BCUT2D eigenvalue weighted by molar-refractivity contribution is -0.118. The summed E-state index contributed by atoms with van der Waals surface area (Å²) >= 11 is 5.87. The van der Waals surface area contributed by atoms with Gasteiger partial charge in [-0.15, -0.1) is 0 Å². The smallest absolute Gasteiger partial charge is 0.253 e. The van der Waals surface area contributed by atoms with Crippen LogP contribution >= 0.6 is 11.6 Å². The summed E-state index contributed by atoms with van der Waals surface area (Å²) in [7, 11) is 0. The molecule has 17 heavy (non-hydrogen) atoms. The van der Waals surface area contributed by atoms with Crippen LogP contribution in [0.15, 0.2) is 18.2 Å². The molecule has 0 bridgehead atoms. The highest BCUT2D eigenvalue weighted by Gasteiger charge is 2.14. The Morgan fingerprint density at radius 1 is 1.47 bits per heavy atom. The standard InChI is InChI=1S/C11H14ClN3O2/c1-6(4-10(14)16)15-11(17)8-5-7(13)2-3-9(8)12/h2-3,5-6H,4,13H2,1H3,(H2,14,16)(H,15,17). The minimum Gasteiger partial charge on any atom is -0.399 e. The lowest BCUT2D eigenvalue weighted by Crippen LogP contribution is -2.35. The van der Waals surface area contributed by atoms with Gasteiger partial charge in [-0.05, 0) is 25.1 Å². The number of amides is 2. The largest absolute Gasteiger partial charge is 0.399 e. The molecular formula is C11H14ClN3O2. The van der Waals surface area contributed by atoms with Crippen LogP contribution in [0, 0.1) is 0 Å². The molecule has 0 spiro atoms. The number of nitrogens with one attached hydrogen (secondary N) is 1. The third kappa shape index (κ3) is 3.96. The summed E-state index contributed by atoms with van der Waals surface area (Å²) in [6.07, 6.45) is 0.0751. The normalized spacial score (nSPS) is 11.9. The predicted octanol–water partition coefficient (Wildman–Crippen LogP) is 0.916. The average Bonchev–Trinajstić information content (AvgIpc) is 2.20. The van der Waals surface area contributed by atoms with Gasteiger partial charge in [0.25, 0.3) is 5.91 Å². The topological polar surface area (TPSA) is 98.2 Å². The van der Waals surface area contributed by atoms with Crippen molar-refractivity contribution in [3.8, 4) is 0 Å². The van der Waals surface area contributed by atoms with Crippen LogP contribution in [0.5, 0.6) is 0 Å². The molecule has 5 N–H and O–H groups in total. The number of primary amides is 1. The van der Waals surface area contributed by atoms with Crippen molar-refractivity contribution in [2.24, 2.45) is 5.73 Å². The summed E-state index contributed by atoms with van der Waals surface area (Å²) < 4.78 is 0. The fourth-order valence-electron chi connectivity index (χ4n) is 1.37. The average molecular weight is 256 g/mol. The van der Waals surface area contributed by atoms with Crippen LogP contribution in [0.1, 0.15) is 23.7 Å². The highest BCUT2D eigenvalue weighted by atomic mass is 35.5. The van der Waals surface area contributed by atoms with Gasteiger partial charge >= 0.3 is 0 Å². The predicted molar refractivity (Wildman–Crippen MR) is 66.6 cm³/mol. The zero-order valence-corrected chi connectivity index (χ0v) is 10.1. The second-order valence-electron chi connectivity index (χ2n) is 3.78. The van der Waals surface area contributed by atoms with Crippen LogP contribution in [0.2, 0.25) is 5.02 Å². The minimum atomic E-state index is -0.475. The number of nitrogen functional groups attached to an aromatic ring is 1. The van der Waals surface area contributed by atoms with Crippen molar-refractivity contribution >= 4 is 29.1 Å². The van der Waals surface area contributed by atoms with Gasteiger partial charge < -0.3 is 16.8 Å². The number of hydrogen-bond acceptors (Lipinski definition) is 3. The van der Waals surface area contributed by atoms with E-state index in [1.54, 1.807) is 19.1 Å². The Hall–Kier alpha value is -1.75. The lowest BCUT2D eigenvalue weighted by Gasteiger charge is -2.13. The molecule has 6 heteroatoms. The number of nitrogens with two attached hydrogens (primary N) is 2. The first-order valence-electron chi connectivity index (χ1n) is 5.04. The lowest BCUT2D eigenvalue weighted by atomic mass is 10.1. The molecule has 2 amide bonds. The van der Waals surface area contributed by atoms with Crippen molar-refractivity contribution < 1.29 is 9.59 Å². The Labute approximate surface area is 104 Å². The van der Waals surface area contributed by atoms with Crippen LogP contribution in [0.25, 0.3) is 0 Å². The van der Waals surface area contributed by atoms with Gasteiger partial charge in [0, 0.05) is 18.2 Å². The van der Waals surface area contributed by atoms with E-state index in [1.165, 1.54) is 6.07 Å². The summed E-state index contributed by atoms with van der Waals surface area (Å²) in [4.78, 5) is 22.5. The number of rotatable bonds is 4. The van der Waals surface area contributed by atoms with Gasteiger partial charge in [-0.2, -0.15) is 0 Å². The number of hydrogen-bond donors (Lipinski definition) is 3. The maximum Gasteiger partial charge on any atom is 0.253 e. The molecule has 1 unspecified atom stereocenters. The van der Waals surface area contributed by atoms with Crippen LogP contribution < -0.4 is 16.8 Å². The summed E-state index contributed by atoms with van der Waals surface area (Å²) in [5.41, 5.74) is 11.3. The molecule has 0 aliphatic carbocycles. The van der Waals surface area contributed by atoms with E-state index in [4.69, 9.17) is 23.1 Å². The second kappa shape index (κ2) is 5.54. The Morgan fingerprint density at radius 3 is 2.71 bits per heavy atom. The first-order valence-corrected chi connectivity index (χ1v) is 5.42. The minimum absolute atomic E-state index is 0.0751. The number of anilines is 1. The van der Waals surface area contributed by atoms with E-state index in [1.807, 2.05) is 0 Å². The number of benzene rings is 1.